The van der Waals surface area contributed by atoms with E-state index in [4.69, 9.17) is 14.2 Å². The zero-order valence-corrected chi connectivity index (χ0v) is 15.4. The summed E-state index contributed by atoms with van der Waals surface area (Å²) in [6.45, 7) is 1.23. The summed E-state index contributed by atoms with van der Waals surface area (Å²) >= 11 is 0. The lowest BCUT2D eigenvalue weighted by molar-refractivity contribution is 0.0949. The third-order valence-electron chi connectivity index (χ3n) is 4.51. The SMILES string of the molecule is O=C(NCCc1ccc(OCc2ccccc2)cc1)c1cccc2c1OCO2. The maximum Gasteiger partial charge on any atom is 0.255 e. The molecule has 28 heavy (non-hydrogen) atoms. The highest BCUT2D eigenvalue weighted by Gasteiger charge is 2.21. The number of benzene rings is 3. The van der Waals surface area contributed by atoms with Crippen molar-refractivity contribution in [2.45, 2.75) is 13.0 Å². The van der Waals surface area contributed by atoms with Crippen LogP contribution >= 0.6 is 0 Å². The van der Waals surface area contributed by atoms with Crippen molar-refractivity contribution in [2.75, 3.05) is 13.3 Å². The first-order valence-electron chi connectivity index (χ1n) is 9.22. The van der Waals surface area contributed by atoms with Gasteiger partial charge < -0.3 is 19.5 Å². The minimum Gasteiger partial charge on any atom is -0.489 e. The van der Waals surface area contributed by atoms with E-state index in [1.807, 2.05) is 54.6 Å². The zero-order chi connectivity index (χ0) is 19.2. The molecule has 0 spiro atoms. The van der Waals surface area contributed by atoms with Gasteiger partial charge in [-0.05, 0) is 41.8 Å². The van der Waals surface area contributed by atoms with Crippen LogP contribution in [0.2, 0.25) is 0 Å². The minimum atomic E-state index is -0.162. The Morgan fingerprint density at radius 3 is 2.54 bits per heavy atom. The number of hydrogen-bond donors (Lipinski definition) is 1. The number of nitrogens with one attached hydrogen (secondary N) is 1. The number of amides is 1. The van der Waals surface area contributed by atoms with Gasteiger partial charge >= 0.3 is 0 Å². The zero-order valence-electron chi connectivity index (χ0n) is 15.4. The molecule has 0 unspecified atom stereocenters. The smallest absolute Gasteiger partial charge is 0.255 e. The van der Waals surface area contributed by atoms with Gasteiger partial charge in [-0.2, -0.15) is 0 Å². The van der Waals surface area contributed by atoms with E-state index >= 15 is 0 Å². The summed E-state index contributed by atoms with van der Waals surface area (Å²) in [5.41, 5.74) is 2.76. The van der Waals surface area contributed by atoms with Gasteiger partial charge in [-0.1, -0.05) is 48.5 Å². The molecule has 1 aliphatic rings. The molecule has 0 atom stereocenters. The summed E-state index contributed by atoms with van der Waals surface area (Å²) < 4.78 is 16.5. The lowest BCUT2D eigenvalue weighted by Crippen LogP contribution is -2.25. The molecule has 1 heterocycles. The average molecular weight is 375 g/mol. The largest absolute Gasteiger partial charge is 0.489 e. The molecule has 5 heteroatoms. The minimum absolute atomic E-state index is 0.151. The van der Waals surface area contributed by atoms with Gasteiger partial charge in [0.15, 0.2) is 11.5 Å². The highest BCUT2D eigenvalue weighted by molar-refractivity contribution is 5.97. The van der Waals surface area contributed by atoms with Gasteiger partial charge in [-0.15, -0.1) is 0 Å². The summed E-state index contributed by atoms with van der Waals surface area (Å²) in [6.07, 6.45) is 0.733. The number of rotatable bonds is 7. The molecule has 0 saturated heterocycles. The van der Waals surface area contributed by atoms with Crippen molar-refractivity contribution in [1.82, 2.24) is 5.32 Å². The predicted molar refractivity (Wildman–Crippen MR) is 106 cm³/mol. The van der Waals surface area contributed by atoms with Crippen LogP contribution in [0, 0.1) is 0 Å². The van der Waals surface area contributed by atoms with Gasteiger partial charge in [-0.25, -0.2) is 0 Å². The quantitative estimate of drug-likeness (QED) is 0.679. The molecule has 5 nitrogen and oxygen atoms in total. The van der Waals surface area contributed by atoms with E-state index in [0.29, 0.717) is 30.2 Å². The number of carbonyl (C=O) groups is 1. The van der Waals surface area contributed by atoms with Crippen LogP contribution in [0.25, 0.3) is 0 Å². The second kappa shape index (κ2) is 8.48. The van der Waals surface area contributed by atoms with Crippen LogP contribution in [0.1, 0.15) is 21.5 Å². The van der Waals surface area contributed by atoms with Crippen molar-refractivity contribution < 1.29 is 19.0 Å². The summed E-state index contributed by atoms with van der Waals surface area (Å²) in [7, 11) is 0. The van der Waals surface area contributed by atoms with Gasteiger partial charge in [0.05, 0.1) is 5.56 Å². The van der Waals surface area contributed by atoms with Crippen LogP contribution in [0.3, 0.4) is 0 Å². The Morgan fingerprint density at radius 2 is 1.71 bits per heavy atom. The molecule has 0 aliphatic carbocycles. The standard InChI is InChI=1S/C23H21NO4/c25-23(20-7-4-8-21-22(20)28-16-27-21)24-14-13-17-9-11-19(12-10-17)26-15-18-5-2-1-3-6-18/h1-12H,13-16H2,(H,24,25). The highest BCUT2D eigenvalue weighted by atomic mass is 16.7. The molecule has 0 radical (unpaired) electrons. The summed E-state index contributed by atoms with van der Waals surface area (Å²) in [6, 6.07) is 23.3. The Labute approximate surface area is 163 Å². The van der Waals surface area contributed by atoms with Crippen molar-refractivity contribution in [1.29, 1.82) is 0 Å². The van der Waals surface area contributed by atoms with E-state index < -0.39 is 0 Å². The number of hydrogen-bond acceptors (Lipinski definition) is 4. The Kier molecular flexibility index (Phi) is 5.43. The summed E-state index contributed by atoms with van der Waals surface area (Å²) in [5.74, 6) is 1.79. The summed E-state index contributed by atoms with van der Waals surface area (Å²) in [4.78, 5) is 12.4. The lowest BCUT2D eigenvalue weighted by atomic mass is 10.1. The van der Waals surface area contributed by atoms with E-state index in [1.165, 1.54) is 0 Å². The van der Waals surface area contributed by atoms with Crippen molar-refractivity contribution in [3.63, 3.8) is 0 Å². The van der Waals surface area contributed by atoms with Gasteiger partial charge in [0.2, 0.25) is 6.79 Å². The fourth-order valence-corrected chi connectivity index (χ4v) is 3.02. The van der Waals surface area contributed by atoms with Gasteiger partial charge in [0.25, 0.3) is 5.91 Å². The Bertz CT molecular complexity index is 939. The van der Waals surface area contributed by atoms with Gasteiger partial charge in [0, 0.05) is 6.54 Å². The Balaban J connectivity index is 1.26. The first-order chi connectivity index (χ1) is 13.8. The molecule has 0 bridgehead atoms. The topological polar surface area (TPSA) is 56.8 Å². The molecule has 0 saturated carbocycles. The maximum atomic E-state index is 12.4. The Hall–Kier alpha value is -3.47. The summed E-state index contributed by atoms with van der Waals surface area (Å²) in [5, 5.41) is 2.93. The lowest BCUT2D eigenvalue weighted by Gasteiger charge is -2.09. The molecule has 1 N–H and O–H groups in total. The van der Waals surface area contributed by atoms with E-state index in [9.17, 15) is 4.79 Å². The van der Waals surface area contributed by atoms with Crippen LogP contribution in [0.4, 0.5) is 0 Å². The third kappa shape index (κ3) is 4.26. The Morgan fingerprint density at radius 1 is 0.893 bits per heavy atom. The highest BCUT2D eigenvalue weighted by Crippen LogP contribution is 2.35. The first-order valence-corrected chi connectivity index (χ1v) is 9.22. The molecule has 1 aliphatic heterocycles. The second-order valence-corrected chi connectivity index (χ2v) is 6.46. The van der Waals surface area contributed by atoms with Crippen molar-refractivity contribution >= 4 is 5.91 Å². The van der Waals surface area contributed by atoms with Crippen LogP contribution in [0.15, 0.2) is 72.8 Å². The fourth-order valence-electron chi connectivity index (χ4n) is 3.02. The monoisotopic (exact) mass is 375 g/mol. The third-order valence-corrected chi connectivity index (χ3v) is 4.51. The fraction of sp³-hybridized carbons (Fsp3) is 0.174. The predicted octanol–water partition coefficient (Wildman–Crippen LogP) is 3.97. The molecule has 0 fully saturated rings. The van der Waals surface area contributed by atoms with E-state index in [-0.39, 0.29) is 12.7 Å². The number of para-hydroxylation sites is 1. The molecule has 0 aromatic heterocycles. The molecule has 3 aromatic carbocycles. The number of ether oxygens (including phenoxy) is 3. The normalized spacial score (nSPS) is 11.9. The van der Waals surface area contributed by atoms with Crippen LogP contribution < -0.4 is 19.5 Å². The number of fused-ring (bicyclic) bond motifs is 1. The number of carbonyl (C=O) groups excluding carboxylic acids is 1. The van der Waals surface area contributed by atoms with E-state index in [1.54, 1.807) is 18.2 Å². The van der Waals surface area contributed by atoms with Crippen LogP contribution in [-0.2, 0) is 13.0 Å². The van der Waals surface area contributed by atoms with Crippen molar-refractivity contribution in [3.8, 4) is 17.2 Å². The molecule has 1 amide bonds. The van der Waals surface area contributed by atoms with Crippen molar-refractivity contribution in [2.24, 2.45) is 0 Å². The maximum absolute atomic E-state index is 12.4. The van der Waals surface area contributed by atoms with Gasteiger partial charge in [-0.3, -0.25) is 4.79 Å². The molecular formula is C23H21NO4. The van der Waals surface area contributed by atoms with E-state index in [2.05, 4.69) is 5.32 Å². The van der Waals surface area contributed by atoms with Crippen molar-refractivity contribution in [3.05, 3.63) is 89.5 Å². The molecule has 4 rings (SSSR count). The second-order valence-electron chi connectivity index (χ2n) is 6.46. The first kappa shape index (κ1) is 17.9. The van der Waals surface area contributed by atoms with Gasteiger partial charge in [0.1, 0.15) is 12.4 Å². The molecular weight excluding hydrogens is 354 g/mol. The average Bonchev–Trinajstić information content (AvgIpc) is 3.23. The van der Waals surface area contributed by atoms with Crippen LogP contribution in [-0.4, -0.2) is 19.2 Å². The van der Waals surface area contributed by atoms with E-state index in [0.717, 1.165) is 23.3 Å². The van der Waals surface area contributed by atoms with Crippen LogP contribution in [0.5, 0.6) is 17.2 Å². The molecule has 142 valence electrons. The molecule has 3 aromatic rings.